The Balaban J connectivity index is 2.00. The molecule has 4 heteroatoms. The van der Waals surface area contributed by atoms with Gasteiger partial charge in [0, 0.05) is 29.7 Å². The molecular formula is C16H17N3O. The molecule has 2 N–H and O–H groups in total. The Bertz CT molecular complexity index is 720. The fourth-order valence-electron chi connectivity index (χ4n) is 2.20. The van der Waals surface area contributed by atoms with Crippen LogP contribution in [0, 0.1) is 0 Å². The third-order valence-electron chi connectivity index (χ3n) is 3.43. The van der Waals surface area contributed by atoms with Crippen molar-refractivity contribution >= 4 is 11.0 Å². The monoisotopic (exact) mass is 267 g/mol. The van der Waals surface area contributed by atoms with Crippen LogP contribution in [0.4, 0.5) is 0 Å². The molecule has 0 fully saturated rings. The van der Waals surface area contributed by atoms with Gasteiger partial charge in [-0.25, -0.2) is 9.97 Å². The number of fused-ring (bicyclic) bond motifs is 1. The summed E-state index contributed by atoms with van der Waals surface area (Å²) in [6.45, 7) is 2.08. The molecule has 0 saturated heterocycles. The van der Waals surface area contributed by atoms with E-state index in [4.69, 9.17) is 10.2 Å². The second-order valence-corrected chi connectivity index (χ2v) is 4.89. The molecule has 3 rings (SSSR count). The number of hydrogen-bond donors (Lipinski definition) is 1. The van der Waals surface area contributed by atoms with E-state index in [1.54, 1.807) is 12.5 Å². The van der Waals surface area contributed by atoms with Crippen molar-refractivity contribution < 1.29 is 4.42 Å². The Morgan fingerprint density at radius 1 is 1.25 bits per heavy atom. The minimum absolute atomic E-state index is 0.138. The lowest BCUT2D eigenvalue weighted by atomic mass is 10.1. The minimum Gasteiger partial charge on any atom is -0.464 e. The van der Waals surface area contributed by atoms with E-state index < -0.39 is 0 Å². The summed E-state index contributed by atoms with van der Waals surface area (Å²) in [5.74, 6) is 0.691. The highest BCUT2D eigenvalue weighted by Gasteiger charge is 2.11. The molecule has 0 radical (unpaired) electrons. The lowest BCUT2D eigenvalue weighted by Crippen LogP contribution is -2.22. The highest BCUT2D eigenvalue weighted by molar-refractivity contribution is 5.91. The average molecular weight is 267 g/mol. The predicted octanol–water partition coefficient (Wildman–Crippen LogP) is 3.17. The smallest absolute Gasteiger partial charge is 0.163 e. The first-order valence-corrected chi connectivity index (χ1v) is 6.82. The summed E-state index contributed by atoms with van der Waals surface area (Å²) < 4.78 is 5.54. The third kappa shape index (κ3) is 2.42. The molecule has 2 aromatic heterocycles. The Morgan fingerprint density at radius 2 is 2.10 bits per heavy atom. The standard InChI is InChI=1S/C16H17N3O/c1-2-11(17)9-12-7-8-18-16(19-12)14-10-20-15-6-4-3-5-13(14)15/h3-8,10-11H,2,9,17H2,1H3. The molecular weight excluding hydrogens is 250 g/mol. The molecule has 0 spiro atoms. The second-order valence-electron chi connectivity index (χ2n) is 4.89. The van der Waals surface area contributed by atoms with Crippen LogP contribution < -0.4 is 5.73 Å². The number of benzene rings is 1. The van der Waals surface area contributed by atoms with Gasteiger partial charge in [0.15, 0.2) is 5.82 Å². The van der Waals surface area contributed by atoms with Crippen molar-refractivity contribution in [2.24, 2.45) is 5.73 Å². The molecule has 1 unspecified atom stereocenters. The van der Waals surface area contributed by atoms with Gasteiger partial charge in [0.1, 0.15) is 11.8 Å². The lowest BCUT2D eigenvalue weighted by molar-refractivity contribution is 0.616. The van der Waals surface area contributed by atoms with Crippen LogP contribution >= 0.6 is 0 Å². The van der Waals surface area contributed by atoms with E-state index in [0.29, 0.717) is 5.82 Å². The van der Waals surface area contributed by atoms with E-state index in [9.17, 15) is 0 Å². The van der Waals surface area contributed by atoms with E-state index >= 15 is 0 Å². The van der Waals surface area contributed by atoms with Gasteiger partial charge < -0.3 is 10.2 Å². The Hall–Kier alpha value is -2.20. The van der Waals surface area contributed by atoms with Crippen LogP contribution in [-0.4, -0.2) is 16.0 Å². The van der Waals surface area contributed by atoms with Gasteiger partial charge in [-0.15, -0.1) is 0 Å². The fourth-order valence-corrected chi connectivity index (χ4v) is 2.20. The molecule has 0 aliphatic rings. The van der Waals surface area contributed by atoms with Crippen LogP contribution in [0.2, 0.25) is 0 Å². The van der Waals surface area contributed by atoms with E-state index in [1.807, 2.05) is 30.3 Å². The predicted molar refractivity (Wildman–Crippen MR) is 79.2 cm³/mol. The van der Waals surface area contributed by atoms with Crippen molar-refractivity contribution in [1.29, 1.82) is 0 Å². The Morgan fingerprint density at radius 3 is 2.95 bits per heavy atom. The number of nitrogens with zero attached hydrogens (tertiary/aromatic N) is 2. The first kappa shape index (κ1) is 12.8. The Kier molecular flexibility index (Phi) is 3.48. The zero-order valence-corrected chi connectivity index (χ0v) is 11.4. The van der Waals surface area contributed by atoms with Gasteiger partial charge in [0.05, 0.1) is 5.56 Å². The van der Waals surface area contributed by atoms with Crippen LogP contribution in [0.25, 0.3) is 22.4 Å². The number of aromatic nitrogens is 2. The van der Waals surface area contributed by atoms with Crippen molar-refractivity contribution in [3.05, 3.63) is 48.5 Å². The lowest BCUT2D eigenvalue weighted by Gasteiger charge is -2.08. The van der Waals surface area contributed by atoms with Gasteiger partial charge in [-0.1, -0.05) is 25.1 Å². The maximum absolute atomic E-state index is 5.99. The number of hydrogen-bond acceptors (Lipinski definition) is 4. The average Bonchev–Trinajstić information content (AvgIpc) is 2.91. The number of furan rings is 1. The summed E-state index contributed by atoms with van der Waals surface area (Å²) in [5, 5.41) is 1.03. The van der Waals surface area contributed by atoms with Crippen LogP contribution in [0.1, 0.15) is 19.0 Å². The van der Waals surface area contributed by atoms with E-state index in [-0.39, 0.29) is 6.04 Å². The molecule has 0 amide bonds. The topological polar surface area (TPSA) is 64.9 Å². The summed E-state index contributed by atoms with van der Waals surface area (Å²) in [7, 11) is 0. The molecule has 3 aromatic rings. The van der Waals surface area contributed by atoms with Crippen molar-refractivity contribution in [1.82, 2.24) is 9.97 Å². The van der Waals surface area contributed by atoms with Gasteiger partial charge >= 0.3 is 0 Å². The molecule has 1 atom stereocenters. The summed E-state index contributed by atoms with van der Waals surface area (Å²) >= 11 is 0. The van der Waals surface area contributed by atoms with Crippen LogP contribution in [0.15, 0.2) is 47.2 Å². The molecule has 20 heavy (non-hydrogen) atoms. The quantitative estimate of drug-likeness (QED) is 0.788. The van der Waals surface area contributed by atoms with Gasteiger partial charge in [-0.2, -0.15) is 0 Å². The van der Waals surface area contributed by atoms with Crippen molar-refractivity contribution in [3.63, 3.8) is 0 Å². The minimum atomic E-state index is 0.138. The highest BCUT2D eigenvalue weighted by atomic mass is 16.3. The molecule has 2 heterocycles. The zero-order valence-electron chi connectivity index (χ0n) is 11.4. The molecule has 4 nitrogen and oxygen atoms in total. The van der Waals surface area contributed by atoms with Crippen LogP contribution in [-0.2, 0) is 6.42 Å². The SMILES string of the molecule is CCC(N)Cc1ccnc(-c2coc3ccccc23)n1. The molecule has 0 aliphatic heterocycles. The number of nitrogens with two attached hydrogens (primary N) is 1. The second kappa shape index (κ2) is 5.43. The van der Waals surface area contributed by atoms with Gasteiger partial charge in [-0.05, 0) is 18.6 Å². The van der Waals surface area contributed by atoms with E-state index in [2.05, 4.69) is 16.9 Å². The molecule has 102 valence electrons. The van der Waals surface area contributed by atoms with Crippen LogP contribution in [0.3, 0.4) is 0 Å². The third-order valence-corrected chi connectivity index (χ3v) is 3.43. The fraction of sp³-hybridized carbons (Fsp3) is 0.250. The molecule has 0 bridgehead atoms. The maximum atomic E-state index is 5.99. The summed E-state index contributed by atoms with van der Waals surface area (Å²) in [6, 6.07) is 9.95. The zero-order chi connectivity index (χ0) is 13.9. The number of rotatable bonds is 4. The molecule has 0 aliphatic carbocycles. The molecule has 1 aromatic carbocycles. The highest BCUT2D eigenvalue weighted by Crippen LogP contribution is 2.27. The van der Waals surface area contributed by atoms with E-state index in [1.165, 1.54) is 0 Å². The first-order valence-electron chi connectivity index (χ1n) is 6.82. The summed E-state index contributed by atoms with van der Waals surface area (Å²) in [5.41, 5.74) is 8.73. The van der Waals surface area contributed by atoms with Crippen molar-refractivity contribution in [2.75, 3.05) is 0 Å². The molecule has 0 saturated carbocycles. The summed E-state index contributed by atoms with van der Waals surface area (Å²) in [4.78, 5) is 8.96. The largest absolute Gasteiger partial charge is 0.464 e. The number of para-hydroxylation sites is 1. The van der Waals surface area contributed by atoms with Crippen LogP contribution in [0.5, 0.6) is 0 Å². The normalized spacial score (nSPS) is 12.7. The van der Waals surface area contributed by atoms with E-state index in [0.717, 1.165) is 35.1 Å². The van der Waals surface area contributed by atoms with Gasteiger partial charge in [-0.3, -0.25) is 0 Å². The van der Waals surface area contributed by atoms with Gasteiger partial charge in [0.25, 0.3) is 0 Å². The van der Waals surface area contributed by atoms with Gasteiger partial charge in [0.2, 0.25) is 0 Å². The Labute approximate surface area is 117 Å². The van der Waals surface area contributed by atoms with Crippen molar-refractivity contribution in [3.8, 4) is 11.4 Å². The first-order chi connectivity index (χ1) is 9.78. The maximum Gasteiger partial charge on any atom is 0.163 e. The summed E-state index contributed by atoms with van der Waals surface area (Å²) in [6.07, 6.45) is 5.20. The van der Waals surface area contributed by atoms with Crippen molar-refractivity contribution in [2.45, 2.75) is 25.8 Å².